The normalized spacial score (nSPS) is 51.0. The summed E-state index contributed by atoms with van der Waals surface area (Å²) in [5, 5.41) is 352. The highest BCUT2D eigenvalue weighted by molar-refractivity contribution is 5.74. The molecule has 11 rings (SSSR count). The minimum Gasteiger partial charge on any atom is -0.394 e. The van der Waals surface area contributed by atoms with E-state index >= 15 is 0 Å². The first-order chi connectivity index (χ1) is 61.5. The zero-order valence-corrected chi connectivity index (χ0v) is 69.5. The molecule has 0 radical (unpaired) electrons. The number of hydrogen-bond acceptors (Lipinski definition) is 55. The second-order valence-electron chi connectivity index (χ2n) is 33.0. The Balaban J connectivity index is 0.902. The van der Waals surface area contributed by atoms with Gasteiger partial charge in [0, 0.05) is 20.8 Å². The number of amides is 3. The van der Waals surface area contributed by atoms with Crippen LogP contribution in [0.2, 0.25) is 0 Å². The number of carbonyl (C=O) groups is 3. The Labute approximate surface area is 735 Å². The van der Waals surface area contributed by atoms with Gasteiger partial charge in [0.25, 0.3) is 0 Å². The average Bonchev–Trinajstić information content (AvgIpc) is 0.766. The van der Waals surface area contributed by atoms with Gasteiger partial charge in [-0.3, -0.25) is 14.4 Å². The third kappa shape index (κ3) is 22.9. The monoisotopic (exact) mass is 1910 g/mol. The molecule has 0 unspecified atom stereocenters. The molecule has 130 heavy (non-hydrogen) atoms. The van der Waals surface area contributed by atoms with Gasteiger partial charge in [-0.15, -0.1) is 0 Å². The van der Waals surface area contributed by atoms with Crippen molar-refractivity contribution in [3.63, 3.8) is 0 Å². The van der Waals surface area contributed by atoms with E-state index in [1.54, 1.807) is 0 Å². The first-order valence-corrected chi connectivity index (χ1v) is 41.5. The zero-order valence-electron chi connectivity index (χ0n) is 69.5. The molecule has 754 valence electrons. The summed E-state index contributed by atoms with van der Waals surface area (Å²) < 4.78 is 124. The van der Waals surface area contributed by atoms with E-state index < -0.39 is 421 Å². The summed E-state index contributed by atoms with van der Waals surface area (Å²) in [6, 6.07) is -6.18. The third-order valence-corrected chi connectivity index (χ3v) is 24.1. The Bertz CT molecular complexity index is 3500. The fraction of sp³-hybridized carbons (Fsp3) is 0.958. The highest BCUT2D eigenvalue weighted by Crippen LogP contribution is 2.42. The van der Waals surface area contributed by atoms with Crippen LogP contribution in [0.5, 0.6) is 0 Å². The molecule has 0 spiro atoms. The molecule has 11 aliphatic rings. The molecular formula is C72H121N3O55. The lowest BCUT2D eigenvalue weighted by Gasteiger charge is -2.51. The van der Waals surface area contributed by atoms with Crippen LogP contribution in [0.3, 0.4) is 0 Å². The summed E-state index contributed by atoms with van der Waals surface area (Å²) in [6.07, 6.45) is -110. The predicted octanol–water partition coefficient (Wildman–Crippen LogP) is -23.5. The van der Waals surface area contributed by atoms with Gasteiger partial charge in [0.15, 0.2) is 69.2 Å². The smallest absolute Gasteiger partial charge is 0.217 e. The molecule has 0 aromatic rings. The fourth-order valence-corrected chi connectivity index (χ4v) is 17.0. The number of ether oxygens (including phenoxy) is 21. The van der Waals surface area contributed by atoms with Crippen molar-refractivity contribution in [3.05, 3.63) is 0 Å². The van der Waals surface area contributed by atoms with Crippen LogP contribution >= 0.6 is 0 Å². The number of hydrogen-bond donors (Lipinski definition) is 34. The van der Waals surface area contributed by atoms with Crippen LogP contribution in [0.4, 0.5) is 0 Å². The maximum Gasteiger partial charge on any atom is 0.217 e. The molecule has 55 atom stereocenters. The van der Waals surface area contributed by atoms with E-state index in [1.165, 1.54) is 6.92 Å². The number of rotatable bonds is 33. The van der Waals surface area contributed by atoms with Gasteiger partial charge >= 0.3 is 0 Å². The average molecular weight is 1910 g/mol. The summed E-state index contributed by atoms with van der Waals surface area (Å²) >= 11 is 0. The van der Waals surface area contributed by atoms with Gasteiger partial charge in [0.1, 0.15) is 262 Å². The number of carbonyl (C=O) groups excluding carboxylic acids is 3. The van der Waals surface area contributed by atoms with Crippen LogP contribution in [0.1, 0.15) is 27.7 Å². The highest BCUT2D eigenvalue weighted by atomic mass is 16.8. The Hall–Kier alpha value is -3.67. The van der Waals surface area contributed by atoms with E-state index in [9.17, 15) is 173 Å². The Morgan fingerprint density at radius 3 is 0.831 bits per heavy atom. The molecule has 11 fully saturated rings. The maximum absolute atomic E-state index is 13.3. The fourth-order valence-electron chi connectivity index (χ4n) is 17.0. The molecule has 58 nitrogen and oxygen atoms in total. The van der Waals surface area contributed by atoms with Crippen molar-refractivity contribution in [3.8, 4) is 0 Å². The van der Waals surface area contributed by atoms with Gasteiger partial charge in [-0.1, -0.05) is 0 Å². The lowest BCUT2D eigenvalue weighted by molar-refractivity contribution is -0.403. The summed E-state index contributed by atoms with van der Waals surface area (Å²) in [4.78, 5) is 39.8. The van der Waals surface area contributed by atoms with Gasteiger partial charge in [0.2, 0.25) is 17.7 Å². The van der Waals surface area contributed by atoms with Crippen LogP contribution in [0, 0.1) is 0 Å². The molecule has 11 heterocycles. The van der Waals surface area contributed by atoms with E-state index in [0.717, 1.165) is 20.8 Å². The molecule has 11 saturated heterocycles. The third-order valence-electron chi connectivity index (χ3n) is 24.1. The second kappa shape index (κ2) is 46.4. The Kier molecular flexibility index (Phi) is 38.1. The minimum absolute atomic E-state index is 0.885. The summed E-state index contributed by atoms with van der Waals surface area (Å²) in [6.45, 7) is -7.49. The zero-order chi connectivity index (χ0) is 95.5. The van der Waals surface area contributed by atoms with Crippen LogP contribution in [0.25, 0.3) is 0 Å². The number of aliphatic hydroxyl groups is 31. The van der Waals surface area contributed by atoms with Crippen LogP contribution in [-0.2, 0) is 114 Å². The maximum atomic E-state index is 13.3. The Morgan fingerprint density at radius 2 is 0.462 bits per heavy atom. The minimum atomic E-state index is -2.60. The van der Waals surface area contributed by atoms with E-state index in [0.29, 0.717) is 0 Å². The van der Waals surface area contributed by atoms with Crippen LogP contribution in [0.15, 0.2) is 0 Å². The van der Waals surface area contributed by atoms with Crippen molar-refractivity contribution in [2.24, 2.45) is 0 Å². The van der Waals surface area contributed by atoms with Gasteiger partial charge in [-0.05, 0) is 6.92 Å². The van der Waals surface area contributed by atoms with Gasteiger partial charge in [-0.25, -0.2) is 0 Å². The Morgan fingerprint density at radius 1 is 0.215 bits per heavy atom. The predicted molar refractivity (Wildman–Crippen MR) is 396 cm³/mol. The lowest BCUT2D eigenvalue weighted by Crippen LogP contribution is -2.71. The van der Waals surface area contributed by atoms with Crippen molar-refractivity contribution >= 4 is 17.7 Å². The van der Waals surface area contributed by atoms with Crippen LogP contribution < -0.4 is 16.0 Å². The van der Waals surface area contributed by atoms with Gasteiger partial charge in [0.05, 0.1) is 72.2 Å². The quantitative estimate of drug-likeness (QED) is 0.0290. The summed E-state index contributed by atoms with van der Waals surface area (Å²) in [7, 11) is 0. The molecule has 58 heteroatoms. The van der Waals surface area contributed by atoms with Crippen LogP contribution in [-0.4, -0.2) is 580 Å². The number of aliphatic hydroxyl groups excluding tert-OH is 31. The summed E-state index contributed by atoms with van der Waals surface area (Å²) in [5.41, 5.74) is 0. The van der Waals surface area contributed by atoms with Crippen molar-refractivity contribution in [2.75, 3.05) is 66.1 Å². The van der Waals surface area contributed by atoms with Gasteiger partial charge < -0.3 is 274 Å². The molecule has 3 amide bonds. The SMILES string of the molecule is CC(=O)N[C@H]1[C@H](O[C@H]2[C@@H](O)[C@@H](CO)O[C@@H](O[C@H]3[C@H](O)[C@@H](O)[C@H](O)O[C@@H]3CO)[C@@H]2O)O[C@H](CO)[C@@H](O[C@@H]2O[C@H](CO[C@@H]3O[C@H](CO)[C@@H](O[C@@H]4O[C@H](CO)[C@H](O)[C@H](O[C@H]5O[C@H](CO)[C@H](O)[C@H](O)[C@H]5O)[C@H]4O[C@@H]4O[C@@H](C)[C@@H](O)[C@@H](O)[C@@H]4O)[C@H](O)[C@H]3NC(C)=O)[C@H](O)[C@H](O[C@@H]3O[C@H](CO)[C@@H](O[C@@H]4O[C@H](CO)[C@H](O)[C@H](O[C@H]5O[C@H](CO)[C@H](O)[C@H](O)[C@H]5O)[C@H]4O)[C@H](O)[C@H]3NC(C)=O)[C@H]2O)[C@@H]1O. The lowest BCUT2D eigenvalue weighted by atomic mass is 9.93. The van der Waals surface area contributed by atoms with E-state index in [1.807, 2.05) is 0 Å². The standard InChI is InChI=1S/C72H121N3O55/c1-15-32(88)42(98)47(103)66(111-15)130-61-60(129-68-49(105)44(100)34(90)20(6-77)114-68)37(93)23(9-80)117-72(61)125-55-25(11-82)118-63(29(39(55)95)73-16(2)85)110-14-28-38(94)59(127-65-31(75-18(4)87)40(96)53(26(12-83)120-65)122-69-51(107)58(36(92)22(8-79)115-69)128-67-48(104)43(99)33(89)19(5-76)113-67)52(108)71(121-28)123-54-27(13-84)119-64(30(41(54)97)74-17(3)86)126-57-35(91)21(7-78)116-70(50(57)106)124-56-24(10-81)112-62(109)46(102)45(56)101/h15,19-72,76-84,88-109H,5-14H2,1-4H3,(H,73,85)(H,74,86)(H,75,87)/t15-,19+,20+,21+,22+,23+,24+,25+,26+,27+,28+,29+,30+,31+,32+,33-,34-,35-,36-,37-,38-,39+,40+,41+,42+,43-,44-,45+,46+,47-,48+,49+,50+,51+,52+,53+,54+,55+,56+,57-,58-,59-,60-,61+,62+,63+,64-,65-,66-,67+,68+,69-,70-,71-,72-/m0/s1. The molecule has 34 N–H and O–H groups in total. The molecule has 0 aliphatic carbocycles. The topological polar surface area (TPSA) is 908 Å². The molecule has 0 bridgehead atoms. The largest absolute Gasteiger partial charge is 0.394 e. The molecule has 11 aliphatic heterocycles. The van der Waals surface area contributed by atoms with Gasteiger partial charge in [-0.2, -0.15) is 0 Å². The first kappa shape index (κ1) is 107. The second-order valence-corrected chi connectivity index (χ2v) is 33.0. The number of nitrogens with one attached hydrogen (secondary N) is 3. The van der Waals surface area contributed by atoms with Crippen molar-refractivity contribution < 1.29 is 272 Å². The molecule has 0 saturated carbocycles. The summed E-state index contributed by atoms with van der Waals surface area (Å²) in [5.74, 6) is -3.07. The van der Waals surface area contributed by atoms with Crippen molar-refractivity contribution in [2.45, 2.75) is 365 Å². The first-order valence-electron chi connectivity index (χ1n) is 41.5. The van der Waals surface area contributed by atoms with E-state index in [4.69, 9.17) is 99.5 Å². The molecular weight excluding hydrogens is 1790 g/mol. The van der Waals surface area contributed by atoms with Crippen molar-refractivity contribution in [1.82, 2.24) is 16.0 Å². The molecule has 0 aromatic carbocycles. The van der Waals surface area contributed by atoms with E-state index in [2.05, 4.69) is 16.0 Å². The van der Waals surface area contributed by atoms with E-state index in [-0.39, 0.29) is 0 Å². The molecule has 0 aromatic heterocycles. The van der Waals surface area contributed by atoms with Crippen molar-refractivity contribution in [1.29, 1.82) is 0 Å². The highest BCUT2D eigenvalue weighted by Gasteiger charge is 2.63.